The third-order valence-electron chi connectivity index (χ3n) is 2.80. The Balaban J connectivity index is 1.96. The van der Waals surface area contributed by atoms with Gasteiger partial charge in [0.2, 0.25) is 11.9 Å². The maximum absolute atomic E-state index is 11.7. The van der Waals surface area contributed by atoms with Crippen molar-refractivity contribution in [3.05, 3.63) is 0 Å². The molecule has 0 saturated carbocycles. The van der Waals surface area contributed by atoms with Gasteiger partial charge in [0.25, 0.3) is 0 Å². The largest absolute Gasteiger partial charge is 0.481 e. The normalized spacial score (nSPS) is 25.2. The highest BCUT2D eigenvalue weighted by Gasteiger charge is 2.28. The molecule has 17 heavy (non-hydrogen) atoms. The van der Waals surface area contributed by atoms with Crippen molar-refractivity contribution in [2.45, 2.75) is 6.42 Å². The van der Waals surface area contributed by atoms with E-state index in [2.05, 4.69) is 10.3 Å². The Hall–Kier alpha value is -1.24. The third-order valence-corrected chi connectivity index (χ3v) is 3.74. The van der Waals surface area contributed by atoms with Crippen molar-refractivity contribution < 1.29 is 14.7 Å². The van der Waals surface area contributed by atoms with Gasteiger partial charge in [-0.25, -0.2) is 0 Å². The smallest absolute Gasteiger partial charge is 0.304 e. The average Bonchev–Trinajstić information content (AvgIpc) is 2.32. The number of guanidine groups is 1. The molecule has 0 spiro atoms. The van der Waals surface area contributed by atoms with Crippen LogP contribution in [0.4, 0.5) is 0 Å². The summed E-state index contributed by atoms with van der Waals surface area (Å²) in [7, 11) is 0. The van der Waals surface area contributed by atoms with Crippen LogP contribution in [0.25, 0.3) is 0 Å². The van der Waals surface area contributed by atoms with E-state index >= 15 is 0 Å². The molecule has 0 bridgehead atoms. The molecule has 6 nitrogen and oxygen atoms in total. The lowest BCUT2D eigenvalue weighted by Gasteiger charge is -2.32. The quantitative estimate of drug-likeness (QED) is 0.704. The topological polar surface area (TPSA) is 82.0 Å². The molecule has 7 heteroatoms. The Morgan fingerprint density at radius 2 is 2.24 bits per heavy atom. The maximum atomic E-state index is 11.7. The molecule has 2 N–H and O–H groups in total. The van der Waals surface area contributed by atoms with Crippen LogP contribution in [0.15, 0.2) is 4.99 Å². The van der Waals surface area contributed by atoms with Crippen molar-refractivity contribution in [3.63, 3.8) is 0 Å². The summed E-state index contributed by atoms with van der Waals surface area (Å²) in [5.41, 5.74) is 0. The van der Waals surface area contributed by atoms with E-state index in [1.165, 1.54) is 0 Å². The van der Waals surface area contributed by atoms with Crippen molar-refractivity contribution in [3.8, 4) is 0 Å². The minimum absolute atomic E-state index is 0.154. The van der Waals surface area contributed by atoms with Crippen LogP contribution in [0.3, 0.4) is 0 Å². The van der Waals surface area contributed by atoms with Crippen LogP contribution >= 0.6 is 11.8 Å². The summed E-state index contributed by atoms with van der Waals surface area (Å²) in [5.74, 6) is 0.960. The molecule has 0 unspecified atom stereocenters. The molecule has 0 radical (unpaired) electrons. The van der Waals surface area contributed by atoms with Crippen LogP contribution < -0.4 is 5.32 Å². The molecule has 1 fully saturated rings. The van der Waals surface area contributed by atoms with E-state index in [0.717, 1.165) is 24.6 Å². The van der Waals surface area contributed by atoms with Crippen LogP contribution in [-0.2, 0) is 9.59 Å². The Morgan fingerprint density at radius 3 is 2.82 bits per heavy atom. The Labute approximate surface area is 103 Å². The molecule has 0 aromatic heterocycles. The minimum Gasteiger partial charge on any atom is -0.481 e. The molecule has 2 heterocycles. The van der Waals surface area contributed by atoms with Gasteiger partial charge in [-0.1, -0.05) is 0 Å². The minimum atomic E-state index is -0.960. The second-order valence-corrected chi connectivity index (χ2v) is 5.27. The summed E-state index contributed by atoms with van der Waals surface area (Å²) in [6.07, 6.45) is -0.154. The second-order valence-electron chi connectivity index (χ2n) is 4.05. The summed E-state index contributed by atoms with van der Waals surface area (Å²) in [5, 5.41) is 11.4. The van der Waals surface area contributed by atoms with Gasteiger partial charge in [-0.05, 0) is 0 Å². The molecular formula is C10H15N3O3S. The number of nitrogens with zero attached hydrogens (tertiary/aromatic N) is 2. The van der Waals surface area contributed by atoms with Crippen LogP contribution in [0.5, 0.6) is 0 Å². The lowest BCUT2D eigenvalue weighted by atomic mass is 10.0. The molecule has 94 valence electrons. The molecule has 0 aromatic carbocycles. The van der Waals surface area contributed by atoms with E-state index in [4.69, 9.17) is 5.11 Å². The molecule has 1 amide bonds. The highest BCUT2D eigenvalue weighted by Crippen LogP contribution is 2.13. The summed E-state index contributed by atoms with van der Waals surface area (Å²) in [6, 6.07) is 0. The molecule has 1 atom stereocenters. The van der Waals surface area contributed by atoms with Crippen molar-refractivity contribution in [2.24, 2.45) is 10.9 Å². The molecule has 2 rings (SSSR count). The number of hydrogen-bond acceptors (Lipinski definition) is 5. The van der Waals surface area contributed by atoms with Gasteiger partial charge < -0.3 is 10.0 Å². The van der Waals surface area contributed by atoms with E-state index in [-0.39, 0.29) is 18.9 Å². The lowest BCUT2D eigenvalue weighted by molar-refractivity contribution is -0.140. The first-order valence-electron chi connectivity index (χ1n) is 5.56. The van der Waals surface area contributed by atoms with Gasteiger partial charge in [-0.15, -0.1) is 0 Å². The standard InChI is InChI=1S/C10H15N3O3S/c14-8(15)5-7-6-11-10(12-9(7)16)13-1-3-17-4-2-13/h7H,1-6H2,(H,14,15)(H,11,12,16)/t7-/m0/s1. The highest BCUT2D eigenvalue weighted by molar-refractivity contribution is 7.99. The van der Waals surface area contributed by atoms with Crippen LogP contribution in [0.1, 0.15) is 6.42 Å². The van der Waals surface area contributed by atoms with E-state index in [9.17, 15) is 9.59 Å². The number of amides is 1. The molecule has 2 aliphatic rings. The number of hydrogen-bond donors (Lipinski definition) is 2. The lowest BCUT2D eigenvalue weighted by Crippen LogP contribution is -2.52. The number of nitrogens with one attached hydrogen (secondary N) is 1. The zero-order valence-corrected chi connectivity index (χ0v) is 10.2. The van der Waals surface area contributed by atoms with Crippen LogP contribution in [-0.4, -0.2) is 59.0 Å². The van der Waals surface area contributed by atoms with E-state index < -0.39 is 11.9 Å². The maximum Gasteiger partial charge on any atom is 0.304 e. The number of carboxylic acids is 1. The van der Waals surface area contributed by atoms with E-state index in [1.54, 1.807) is 0 Å². The zero-order chi connectivity index (χ0) is 12.3. The van der Waals surface area contributed by atoms with Gasteiger partial charge in [0, 0.05) is 24.6 Å². The molecule has 0 aliphatic carbocycles. The first kappa shape index (κ1) is 12.2. The number of aliphatic imine (C=N–C) groups is 1. The first-order valence-corrected chi connectivity index (χ1v) is 6.72. The van der Waals surface area contributed by atoms with E-state index in [0.29, 0.717) is 5.96 Å². The van der Waals surface area contributed by atoms with E-state index in [1.807, 2.05) is 16.7 Å². The summed E-state index contributed by atoms with van der Waals surface area (Å²) >= 11 is 1.89. The molecule has 1 saturated heterocycles. The summed E-state index contributed by atoms with van der Waals surface area (Å²) in [6.45, 7) is 2.04. The van der Waals surface area contributed by atoms with Crippen LogP contribution in [0, 0.1) is 5.92 Å². The van der Waals surface area contributed by atoms with Crippen molar-refractivity contribution in [2.75, 3.05) is 31.1 Å². The number of thioether (sulfide) groups is 1. The average molecular weight is 257 g/mol. The molecule has 2 aliphatic heterocycles. The van der Waals surface area contributed by atoms with Crippen molar-refractivity contribution in [1.82, 2.24) is 10.2 Å². The van der Waals surface area contributed by atoms with Gasteiger partial charge >= 0.3 is 5.97 Å². The molecule has 0 aromatic rings. The Bertz CT molecular complexity index is 353. The van der Waals surface area contributed by atoms with Gasteiger partial charge in [0.05, 0.1) is 18.9 Å². The van der Waals surface area contributed by atoms with Crippen molar-refractivity contribution >= 4 is 29.6 Å². The van der Waals surface area contributed by atoms with Crippen molar-refractivity contribution in [1.29, 1.82) is 0 Å². The summed E-state index contributed by atoms with van der Waals surface area (Å²) in [4.78, 5) is 28.6. The van der Waals surface area contributed by atoms with Gasteiger partial charge in [-0.3, -0.25) is 19.9 Å². The predicted molar refractivity (Wildman–Crippen MR) is 65.1 cm³/mol. The fraction of sp³-hybridized carbons (Fsp3) is 0.700. The van der Waals surface area contributed by atoms with Gasteiger partial charge in [0.1, 0.15) is 0 Å². The third kappa shape index (κ3) is 3.12. The second kappa shape index (κ2) is 5.39. The fourth-order valence-electron chi connectivity index (χ4n) is 1.85. The SMILES string of the molecule is O=C(O)C[C@H]1CN=C(N2CCSCC2)NC1=O. The van der Waals surface area contributed by atoms with Crippen LogP contribution in [0.2, 0.25) is 0 Å². The number of carbonyl (C=O) groups excluding carboxylic acids is 1. The van der Waals surface area contributed by atoms with Gasteiger partial charge in [0.15, 0.2) is 0 Å². The molecular weight excluding hydrogens is 242 g/mol. The number of aliphatic carboxylic acids is 1. The number of carbonyl (C=O) groups is 2. The Kier molecular flexibility index (Phi) is 3.88. The Morgan fingerprint density at radius 1 is 1.53 bits per heavy atom. The monoisotopic (exact) mass is 257 g/mol. The predicted octanol–water partition coefficient (Wildman–Crippen LogP) is -0.388. The zero-order valence-electron chi connectivity index (χ0n) is 9.39. The number of carboxylic acid groups (broad SMARTS) is 1. The van der Waals surface area contributed by atoms with Gasteiger partial charge in [-0.2, -0.15) is 11.8 Å². The highest BCUT2D eigenvalue weighted by atomic mass is 32.2. The number of rotatable bonds is 2. The summed E-state index contributed by atoms with van der Waals surface area (Å²) < 4.78 is 0. The fourth-order valence-corrected chi connectivity index (χ4v) is 2.76. The first-order chi connectivity index (χ1) is 8.16.